The molecule has 2 heterocycles. The Bertz CT molecular complexity index is 415. The summed E-state index contributed by atoms with van der Waals surface area (Å²) in [6, 6.07) is 5.71. The molecule has 84 valence electrons. The van der Waals surface area contributed by atoms with Gasteiger partial charge in [-0.05, 0) is 31.5 Å². The highest BCUT2D eigenvalue weighted by Gasteiger charge is 2.21. The maximum absolute atomic E-state index is 11.7. The first-order valence-corrected chi connectivity index (χ1v) is 6.11. The number of nitrogens with one attached hydrogen (secondary N) is 2. The summed E-state index contributed by atoms with van der Waals surface area (Å²) in [7, 11) is 0. The number of thiophene rings is 1. The zero-order chi connectivity index (χ0) is 11.4. The lowest BCUT2D eigenvalue weighted by Gasteiger charge is -2.09. The average Bonchev–Trinajstić information content (AvgIpc) is 2.96. The molecule has 1 unspecified atom stereocenters. The maximum atomic E-state index is 11.7. The van der Waals surface area contributed by atoms with Crippen LogP contribution in [0.15, 0.2) is 12.1 Å². The Morgan fingerprint density at radius 2 is 2.56 bits per heavy atom. The van der Waals surface area contributed by atoms with Crippen LogP contribution in [0.3, 0.4) is 0 Å². The second kappa shape index (κ2) is 5.10. The minimum absolute atomic E-state index is 0.0320. The Morgan fingerprint density at radius 1 is 1.69 bits per heavy atom. The van der Waals surface area contributed by atoms with Gasteiger partial charge >= 0.3 is 0 Å². The molecular formula is C11H13N3OS. The third-order valence-corrected chi connectivity index (χ3v) is 3.58. The van der Waals surface area contributed by atoms with Crippen molar-refractivity contribution >= 4 is 17.2 Å². The minimum atomic E-state index is -0.0320. The fourth-order valence-corrected chi connectivity index (χ4v) is 2.48. The molecule has 1 aromatic rings. The van der Waals surface area contributed by atoms with Gasteiger partial charge in [-0.3, -0.25) is 4.79 Å². The molecule has 0 aliphatic carbocycles. The van der Waals surface area contributed by atoms with Gasteiger partial charge in [0.1, 0.15) is 10.9 Å². The molecule has 2 N–H and O–H groups in total. The van der Waals surface area contributed by atoms with Gasteiger partial charge in [0.05, 0.1) is 12.6 Å². The van der Waals surface area contributed by atoms with E-state index < -0.39 is 0 Å². The summed E-state index contributed by atoms with van der Waals surface area (Å²) in [6.07, 6.45) is 1.98. The van der Waals surface area contributed by atoms with Crippen molar-refractivity contribution in [2.24, 2.45) is 0 Å². The second-order valence-corrected chi connectivity index (χ2v) is 4.91. The molecule has 1 amide bonds. The highest BCUT2D eigenvalue weighted by atomic mass is 32.1. The topological polar surface area (TPSA) is 64.9 Å². The maximum Gasteiger partial charge on any atom is 0.237 e. The smallest absolute Gasteiger partial charge is 0.237 e. The van der Waals surface area contributed by atoms with E-state index in [4.69, 9.17) is 5.26 Å². The van der Waals surface area contributed by atoms with Crippen LogP contribution in [0.2, 0.25) is 0 Å². The molecule has 1 aromatic heterocycles. The normalized spacial score (nSPS) is 19.3. The standard InChI is InChI=1S/C11H13N3OS/c12-6-8-3-4-9(16-8)7-14-11(15)10-2-1-5-13-10/h3-4,10,13H,1-2,5,7H2,(H,14,15). The van der Waals surface area contributed by atoms with Crippen LogP contribution in [0.4, 0.5) is 0 Å². The molecule has 0 saturated carbocycles. The number of hydrogen-bond donors (Lipinski definition) is 2. The van der Waals surface area contributed by atoms with Gasteiger partial charge in [-0.15, -0.1) is 11.3 Å². The molecule has 4 nitrogen and oxygen atoms in total. The molecule has 1 atom stereocenters. The second-order valence-electron chi connectivity index (χ2n) is 3.74. The van der Waals surface area contributed by atoms with E-state index in [0.717, 1.165) is 24.3 Å². The summed E-state index contributed by atoms with van der Waals surface area (Å²) >= 11 is 1.42. The summed E-state index contributed by atoms with van der Waals surface area (Å²) in [5, 5.41) is 14.7. The summed E-state index contributed by atoms with van der Waals surface area (Å²) < 4.78 is 0. The van der Waals surface area contributed by atoms with E-state index >= 15 is 0 Å². The lowest BCUT2D eigenvalue weighted by molar-refractivity contribution is -0.122. The molecule has 2 rings (SSSR count). The van der Waals surface area contributed by atoms with Crippen molar-refractivity contribution in [3.63, 3.8) is 0 Å². The molecule has 1 aliphatic heterocycles. The van der Waals surface area contributed by atoms with E-state index in [-0.39, 0.29) is 11.9 Å². The third-order valence-electron chi connectivity index (χ3n) is 2.59. The van der Waals surface area contributed by atoms with Crippen molar-refractivity contribution in [3.8, 4) is 6.07 Å². The van der Waals surface area contributed by atoms with E-state index in [9.17, 15) is 4.79 Å². The van der Waals surface area contributed by atoms with Crippen LogP contribution in [-0.4, -0.2) is 18.5 Å². The van der Waals surface area contributed by atoms with Crippen LogP contribution in [0.25, 0.3) is 0 Å². The first kappa shape index (κ1) is 11.1. The van der Waals surface area contributed by atoms with Crippen LogP contribution in [0.5, 0.6) is 0 Å². The monoisotopic (exact) mass is 235 g/mol. The van der Waals surface area contributed by atoms with Gasteiger partial charge in [-0.1, -0.05) is 0 Å². The van der Waals surface area contributed by atoms with E-state index in [0.29, 0.717) is 11.4 Å². The number of amides is 1. The number of carbonyl (C=O) groups excluding carboxylic acids is 1. The van der Waals surface area contributed by atoms with Gasteiger partial charge in [0.15, 0.2) is 0 Å². The molecule has 5 heteroatoms. The van der Waals surface area contributed by atoms with Crippen molar-refractivity contribution < 1.29 is 4.79 Å². The van der Waals surface area contributed by atoms with Crippen molar-refractivity contribution in [1.29, 1.82) is 5.26 Å². The predicted molar refractivity (Wildman–Crippen MR) is 61.9 cm³/mol. The number of rotatable bonds is 3. The highest BCUT2D eigenvalue weighted by Crippen LogP contribution is 2.15. The molecule has 0 aromatic carbocycles. The van der Waals surface area contributed by atoms with Gasteiger partial charge in [0, 0.05) is 4.88 Å². The van der Waals surface area contributed by atoms with Crippen molar-refractivity contribution in [2.75, 3.05) is 6.54 Å². The first-order valence-electron chi connectivity index (χ1n) is 5.29. The predicted octanol–water partition coefficient (Wildman–Crippen LogP) is 0.988. The molecule has 1 saturated heterocycles. The summed E-state index contributed by atoms with van der Waals surface area (Å²) in [5.41, 5.74) is 0. The molecule has 1 aliphatic rings. The number of hydrogen-bond acceptors (Lipinski definition) is 4. The largest absolute Gasteiger partial charge is 0.350 e. The van der Waals surface area contributed by atoms with Crippen LogP contribution in [0.1, 0.15) is 22.6 Å². The van der Waals surface area contributed by atoms with E-state index in [1.165, 1.54) is 11.3 Å². The first-order chi connectivity index (χ1) is 7.79. The van der Waals surface area contributed by atoms with Crippen molar-refractivity contribution in [3.05, 3.63) is 21.9 Å². The SMILES string of the molecule is N#Cc1ccc(CNC(=O)C2CCCN2)s1. The van der Waals surface area contributed by atoms with E-state index in [2.05, 4.69) is 16.7 Å². The summed E-state index contributed by atoms with van der Waals surface area (Å²) in [5.74, 6) is 0.0596. The van der Waals surface area contributed by atoms with Gasteiger partial charge in [0.2, 0.25) is 5.91 Å². The van der Waals surface area contributed by atoms with Gasteiger partial charge in [0.25, 0.3) is 0 Å². The van der Waals surface area contributed by atoms with E-state index in [1.807, 2.05) is 6.07 Å². The summed E-state index contributed by atoms with van der Waals surface area (Å²) in [4.78, 5) is 13.4. The summed E-state index contributed by atoms with van der Waals surface area (Å²) in [6.45, 7) is 1.44. The van der Waals surface area contributed by atoms with Gasteiger partial charge < -0.3 is 10.6 Å². The van der Waals surface area contributed by atoms with Gasteiger partial charge in [-0.25, -0.2) is 0 Å². The highest BCUT2D eigenvalue weighted by molar-refractivity contribution is 7.12. The van der Waals surface area contributed by atoms with E-state index in [1.54, 1.807) is 6.07 Å². The van der Waals surface area contributed by atoms with Crippen LogP contribution < -0.4 is 10.6 Å². The Kier molecular flexibility index (Phi) is 3.54. The van der Waals surface area contributed by atoms with Gasteiger partial charge in [-0.2, -0.15) is 5.26 Å². The zero-order valence-electron chi connectivity index (χ0n) is 8.82. The number of nitrogens with zero attached hydrogens (tertiary/aromatic N) is 1. The fourth-order valence-electron chi connectivity index (χ4n) is 1.74. The van der Waals surface area contributed by atoms with Crippen molar-refractivity contribution in [2.45, 2.75) is 25.4 Å². The Morgan fingerprint density at radius 3 is 3.19 bits per heavy atom. The molecule has 16 heavy (non-hydrogen) atoms. The fraction of sp³-hybridized carbons (Fsp3) is 0.455. The lowest BCUT2D eigenvalue weighted by atomic mass is 10.2. The number of carbonyl (C=O) groups is 1. The molecule has 1 fully saturated rings. The van der Waals surface area contributed by atoms with Crippen molar-refractivity contribution in [1.82, 2.24) is 10.6 Å². The third kappa shape index (κ3) is 2.60. The van der Waals surface area contributed by atoms with Crippen LogP contribution in [0, 0.1) is 11.3 Å². The molecular weight excluding hydrogens is 222 g/mol. The molecule has 0 radical (unpaired) electrons. The molecule has 0 spiro atoms. The van der Waals surface area contributed by atoms with Crippen LogP contribution >= 0.6 is 11.3 Å². The number of nitriles is 1. The minimum Gasteiger partial charge on any atom is -0.350 e. The molecule has 0 bridgehead atoms. The van der Waals surface area contributed by atoms with Crippen LogP contribution in [-0.2, 0) is 11.3 Å². The average molecular weight is 235 g/mol. The Hall–Kier alpha value is -1.38. The lowest BCUT2D eigenvalue weighted by Crippen LogP contribution is -2.39. The Labute approximate surface area is 98.3 Å². The Balaban J connectivity index is 1.82. The zero-order valence-corrected chi connectivity index (χ0v) is 9.64. The quantitative estimate of drug-likeness (QED) is 0.821.